The Bertz CT molecular complexity index is 1520. The van der Waals surface area contributed by atoms with Gasteiger partial charge in [0.05, 0.1) is 14.2 Å². The van der Waals surface area contributed by atoms with E-state index >= 15 is 0 Å². The number of rotatable bonds is 12. The second-order valence-corrected chi connectivity index (χ2v) is 11.1. The normalized spacial score (nSPS) is 14.7. The van der Waals surface area contributed by atoms with Crippen molar-refractivity contribution in [3.8, 4) is 17.2 Å². The molecule has 0 unspecified atom stereocenters. The Balaban J connectivity index is 1.33. The second-order valence-electron chi connectivity index (χ2n) is 11.1. The number of hydrogen-bond donors (Lipinski definition) is 1. The highest BCUT2D eigenvalue weighted by Gasteiger charge is 2.42. The minimum absolute atomic E-state index is 0.257. The molecular weight excluding hydrogens is 552 g/mol. The number of carbonyl (C=O) groups excluding carboxylic acids is 2. The molecule has 1 N–H and O–H groups in total. The van der Waals surface area contributed by atoms with Crippen LogP contribution in [0, 0.1) is 0 Å². The van der Waals surface area contributed by atoms with E-state index in [0.717, 1.165) is 40.2 Å². The molecule has 1 aliphatic heterocycles. The molecule has 0 spiro atoms. The Kier molecular flexibility index (Phi) is 10.1. The summed E-state index contributed by atoms with van der Waals surface area (Å²) in [5.41, 5.74) is 3.16. The Morgan fingerprint density at radius 1 is 0.886 bits per heavy atom. The molecule has 1 aliphatic rings. The first-order valence-electron chi connectivity index (χ1n) is 14.9. The first kappa shape index (κ1) is 30.6. The van der Waals surface area contributed by atoms with Gasteiger partial charge in [-0.15, -0.1) is 0 Å². The Morgan fingerprint density at radius 3 is 2.25 bits per heavy atom. The number of amides is 2. The number of nitrogens with one attached hydrogen (secondary N) is 1. The molecule has 5 rings (SSSR count). The van der Waals surface area contributed by atoms with Crippen LogP contribution in [-0.4, -0.2) is 66.1 Å². The van der Waals surface area contributed by atoms with Gasteiger partial charge >= 0.3 is 6.03 Å². The largest absolute Gasteiger partial charge is 0.497 e. The summed E-state index contributed by atoms with van der Waals surface area (Å²) in [7, 11) is 3.28. The molecular formula is C36H40N4O4. The van der Waals surface area contributed by atoms with E-state index in [4.69, 9.17) is 9.47 Å². The maximum absolute atomic E-state index is 13.8. The Labute approximate surface area is 259 Å². The topological polar surface area (TPSA) is 76.0 Å². The lowest BCUT2D eigenvalue weighted by atomic mass is 9.86. The van der Waals surface area contributed by atoms with E-state index < -0.39 is 5.54 Å². The van der Waals surface area contributed by atoms with E-state index in [1.165, 1.54) is 0 Å². The monoisotopic (exact) mass is 592 g/mol. The van der Waals surface area contributed by atoms with Gasteiger partial charge in [-0.25, -0.2) is 4.79 Å². The Morgan fingerprint density at radius 2 is 1.59 bits per heavy atom. The van der Waals surface area contributed by atoms with E-state index in [1.807, 2.05) is 108 Å². The molecule has 3 aromatic carbocycles. The second kappa shape index (κ2) is 14.6. The van der Waals surface area contributed by atoms with Crippen molar-refractivity contribution in [1.29, 1.82) is 0 Å². The summed E-state index contributed by atoms with van der Waals surface area (Å²) in [6.45, 7) is 2.69. The summed E-state index contributed by atoms with van der Waals surface area (Å²) in [5, 5.41) is 3.04. The fourth-order valence-electron chi connectivity index (χ4n) is 5.70. The van der Waals surface area contributed by atoms with Crippen LogP contribution in [0.1, 0.15) is 29.5 Å². The molecule has 0 radical (unpaired) electrons. The van der Waals surface area contributed by atoms with Crippen molar-refractivity contribution in [3.63, 3.8) is 0 Å². The lowest BCUT2D eigenvalue weighted by Crippen LogP contribution is -2.60. The van der Waals surface area contributed by atoms with E-state index in [9.17, 15) is 9.59 Å². The van der Waals surface area contributed by atoms with E-state index in [2.05, 4.69) is 16.3 Å². The van der Waals surface area contributed by atoms with Crippen LogP contribution in [-0.2, 0) is 17.9 Å². The third-order valence-electron chi connectivity index (χ3n) is 8.18. The van der Waals surface area contributed by atoms with Gasteiger partial charge in [0.25, 0.3) is 0 Å². The van der Waals surface area contributed by atoms with Gasteiger partial charge in [0.2, 0.25) is 0 Å². The van der Waals surface area contributed by atoms with Crippen LogP contribution in [0.2, 0.25) is 0 Å². The summed E-state index contributed by atoms with van der Waals surface area (Å²) in [6, 6.07) is 27.6. The molecule has 4 aromatic rings. The first-order chi connectivity index (χ1) is 21.5. The lowest BCUT2D eigenvalue weighted by molar-refractivity contribution is -0.120. The Hall–Kier alpha value is -4.82. The fourth-order valence-corrected chi connectivity index (χ4v) is 5.70. The molecule has 1 aromatic heterocycles. The number of methoxy groups -OCH3 is 2. The van der Waals surface area contributed by atoms with Crippen LogP contribution in [0.4, 0.5) is 4.79 Å². The number of carbonyl (C=O) groups is 2. The summed E-state index contributed by atoms with van der Waals surface area (Å²) in [6.07, 6.45) is 9.92. The van der Waals surface area contributed by atoms with Crippen LogP contribution in [0.25, 0.3) is 11.8 Å². The standard InChI is InChI=1S/C36H40N4O4/c1-43-33-23-31(24-34(25-33)44-2)26-38-20-15-36(28-41,16-21-38)40(35(42)37-17-9-13-29-10-4-3-5-11-29)27-30-12-8-14-32(22-30)39-18-6-7-19-39/h3-14,18-19,22-25,28H,15-17,20-21,26-27H2,1-2H3,(H,37,42)/b13-9+. The van der Waals surface area contributed by atoms with E-state index in [-0.39, 0.29) is 6.03 Å². The molecule has 2 amide bonds. The molecule has 8 nitrogen and oxygen atoms in total. The van der Waals surface area contributed by atoms with Crippen molar-refractivity contribution < 1.29 is 19.1 Å². The van der Waals surface area contributed by atoms with Crippen molar-refractivity contribution in [1.82, 2.24) is 19.7 Å². The third kappa shape index (κ3) is 7.57. The minimum Gasteiger partial charge on any atom is -0.497 e. The van der Waals surface area contributed by atoms with Crippen LogP contribution < -0.4 is 14.8 Å². The van der Waals surface area contributed by atoms with Crippen LogP contribution >= 0.6 is 0 Å². The molecule has 228 valence electrons. The van der Waals surface area contributed by atoms with Crippen molar-refractivity contribution in [2.75, 3.05) is 33.9 Å². The number of nitrogens with zero attached hydrogens (tertiary/aromatic N) is 3. The molecule has 0 aliphatic carbocycles. The highest BCUT2D eigenvalue weighted by atomic mass is 16.5. The van der Waals surface area contributed by atoms with Gasteiger partial charge in [0, 0.05) is 56.9 Å². The van der Waals surface area contributed by atoms with Gasteiger partial charge in [-0.1, -0.05) is 54.6 Å². The summed E-state index contributed by atoms with van der Waals surface area (Å²) in [4.78, 5) is 30.8. The number of likely N-dealkylation sites (tertiary alicyclic amines) is 1. The predicted molar refractivity (Wildman–Crippen MR) is 173 cm³/mol. The van der Waals surface area contributed by atoms with E-state index in [1.54, 1.807) is 19.1 Å². The SMILES string of the molecule is COc1cc(CN2CCC(C=O)(N(Cc3cccc(-n4cccc4)c3)C(=O)NC/C=C/c3ccccc3)CC2)cc(OC)c1. The number of benzene rings is 3. The minimum atomic E-state index is -0.931. The van der Waals surface area contributed by atoms with Gasteiger partial charge in [-0.05, 0) is 65.9 Å². The number of urea groups is 1. The predicted octanol–water partition coefficient (Wildman–Crippen LogP) is 5.95. The summed E-state index contributed by atoms with van der Waals surface area (Å²) < 4.78 is 12.9. The maximum Gasteiger partial charge on any atom is 0.318 e. The van der Waals surface area contributed by atoms with Gasteiger partial charge in [-0.3, -0.25) is 4.90 Å². The average molecular weight is 593 g/mol. The molecule has 0 bridgehead atoms. The van der Waals surface area contributed by atoms with Gasteiger partial charge in [0.15, 0.2) is 0 Å². The fraction of sp³-hybridized carbons (Fsp3) is 0.278. The maximum atomic E-state index is 13.8. The molecule has 0 atom stereocenters. The zero-order chi connectivity index (χ0) is 30.8. The number of hydrogen-bond acceptors (Lipinski definition) is 5. The highest BCUT2D eigenvalue weighted by molar-refractivity contribution is 5.81. The molecule has 44 heavy (non-hydrogen) atoms. The van der Waals surface area contributed by atoms with Gasteiger partial charge < -0.3 is 29.1 Å². The van der Waals surface area contributed by atoms with Crippen LogP contribution in [0.5, 0.6) is 11.5 Å². The molecule has 0 saturated carbocycles. The number of ether oxygens (including phenoxy) is 2. The van der Waals surface area contributed by atoms with Crippen LogP contribution in [0.3, 0.4) is 0 Å². The third-order valence-corrected chi connectivity index (χ3v) is 8.18. The lowest BCUT2D eigenvalue weighted by Gasteiger charge is -2.45. The molecule has 8 heteroatoms. The molecule has 1 fully saturated rings. The highest BCUT2D eigenvalue weighted by Crippen LogP contribution is 2.31. The van der Waals surface area contributed by atoms with Gasteiger partial charge in [-0.2, -0.15) is 0 Å². The number of piperidine rings is 1. The quantitative estimate of drug-likeness (QED) is 0.206. The van der Waals surface area contributed by atoms with Crippen molar-refractivity contribution in [2.24, 2.45) is 0 Å². The van der Waals surface area contributed by atoms with Crippen molar-refractivity contribution >= 4 is 18.4 Å². The number of aldehydes is 1. The first-order valence-corrected chi connectivity index (χ1v) is 14.9. The van der Waals surface area contributed by atoms with E-state index in [0.29, 0.717) is 45.6 Å². The average Bonchev–Trinajstić information content (AvgIpc) is 3.62. The molecule has 1 saturated heterocycles. The van der Waals surface area contributed by atoms with Gasteiger partial charge in [0.1, 0.15) is 23.3 Å². The van der Waals surface area contributed by atoms with Crippen LogP contribution in [0.15, 0.2) is 103 Å². The smallest absolute Gasteiger partial charge is 0.318 e. The molecule has 2 heterocycles. The van der Waals surface area contributed by atoms with Crippen molar-refractivity contribution in [3.05, 3.63) is 120 Å². The summed E-state index contributed by atoms with van der Waals surface area (Å²) in [5.74, 6) is 1.48. The summed E-state index contributed by atoms with van der Waals surface area (Å²) >= 11 is 0. The van der Waals surface area contributed by atoms with Crippen molar-refractivity contribution in [2.45, 2.75) is 31.5 Å². The zero-order valence-corrected chi connectivity index (χ0v) is 25.4. The number of aromatic nitrogens is 1. The zero-order valence-electron chi connectivity index (χ0n) is 25.4.